The normalized spacial score (nSPS) is 25.2. The molecule has 0 spiro atoms. The zero-order chi connectivity index (χ0) is 20.5. The molecule has 0 radical (unpaired) electrons. The van der Waals surface area contributed by atoms with Gasteiger partial charge < -0.3 is 10.1 Å². The van der Waals surface area contributed by atoms with E-state index in [1.165, 1.54) is 11.3 Å². The van der Waals surface area contributed by atoms with Crippen LogP contribution in [0.5, 0.6) is 0 Å². The lowest BCUT2D eigenvalue weighted by atomic mass is 9.81. The summed E-state index contributed by atoms with van der Waals surface area (Å²) < 4.78 is 7.46. The van der Waals surface area contributed by atoms with Crippen LogP contribution >= 0.6 is 0 Å². The van der Waals surface area contributed by atoms with Gasteiger partial charge in [-0.05, 0) is 72.9 Å². The Morgan fingerprint density at radius 2 is 1.96 bits per heavy atom. The van der Waals surface area contributed by atoms with Crippen molar-refractivity contribution in [3.8, 4) is 0 Å². The van der Waals surface area contributed by atoms with E-state index >= 15 is 0 Å². The molecule has 28 heavy (non-hydrogen) atoms. The van der Waals surface area contributed by atoms with E-state index in [0.717, 1.165) is 44.3 Å². The Balaban J connectivity index is 1.65. The number of aliphatic imine (C=N–C) groups is 1. The monoisotopic (exact) mass is 389 g/mol. The largest absolute Gasteiger partial charge is 0.444 e. The average Bonchev–Trinajstić information content (AvgIpc) is 3.02. The summed E-state index contributed by atoms with van der Waals surface area (Å²) in [7, 11) is 4.21. The Morgan fingerprint density at radius 1 is 1.29 bits per heavy atom. The van der Waals surface area contributed by atoms with Gasteiger partial charge >= 0.3 is 6.09 Å². The number of carbonyl (C=O) groups is 1. The summed E-state index contributed by atoms with van der Waals surface area (Å²) in [5, 5.41) is 7.62. The molecule has 3 rings (SSSR count). The molecule has 0 bridgehead atoms. The Bertz CT molecular complexity index is 724. The van der Waals surface area contributed by atoms with Crippen LogP contribution in [0.15, 0.2) is 11.2 Å². The number of carbonyl (C=O) groups excluding carboxylic acids is 1. The van der Waals surface area contributed by atoms with Crippen molar-refractivity contribution in [2.45, 2.75) is 84.0 Å². The predicted octanol–water partition coefficient (Wildman–Crippen LogP) is 4.07. The van der Waals surface area contributed by atoms with Gasteiger partial charge in [0.25, 0.3) is 0 Å². The summed E-state index contributed by atoms with van der Waals surface area (Å²) in [5.41, 5.74) is 2.04. The lowest BCUT2D eigenvalue weighted by Gasteiger charge is -2.35. The number of hydrogen-bond acceptors (Lipinski definition) is 5. The van der Waals surface area contributed by atoms with Gasteiger partial charge in [0.2, 0.25) is 0 Å². The molecule has 1 aliphatic heterocycles. The van der Waals surface area contributed by atoms with E-state index < -0.39 is 5.60 Å². The summed E-state index contributed by atoms with van der Waals surface area (Å²) in [4.78, 5) is 19.3. The molecule has 1 aromatic rings. The second-order valence-corrected chi connectivity index (χ2v) is 9.24. The van der Waals surface area contributed by atoms with Gasteiger partial charge in [-0.2, -0.15) is 5.10 Å². The summed E-state index contributed by atoms with van der Waals surface area (Å²) in [6.45, 7) is 7.82. The zero-order valence-corrected chi connectivity index (χ0v) is 18.2. The molecule has 1 N–H and O–H groups in total. The van der Waals surface area contributed by atoms with Crippen LogP contribution in [-0.2, 0) is 11.2 Å². The third-order valence-electron chi connectivity index (χ3n) is 5.66. The van der Waals surface area contributed by atoms with Gasteiger partial charge in [-0.1, -0.05) is 6.92 Å². The van der Waals surface area contributed by atoms with Crippen molar-refractivity contribution in [3.63, 3.8) is 0 Å². The molecule has 1 unspecified atom stereocenters. The first-order chi connectivity index (χ1) is 13.2. The van der Waals surface area contributed by atoms with Crippen molar-refractivity contribution >= 4 is 17.6 Å². The molecule has 2 aliphatic rings. The maximum atomic E-state index is 12.0. The molecule has 156 valence electrons. The van der Waals surface area contributed by atoms with E-state index in [1.807, 2.05) is 27.0 Å². The van der Waals surface area contributed by atoms with Gasteiger partial charge in [0, 0.05) is 23.7 Å². The fraction of sp³-hybridized carbons (Fsp3) is 0.762. The van der Waals surface area contributed by atoms with Gasteiger partial charge in [-0.3, -0.25) is 4.90 Å². The second-order valence-electron chi connectivity index (χ2n) is 9.24. The molecule has 0 saturated heterocycles. The smallest absolute Gasteiger partial charge is 0.407 e. The standard InChI is InChI=1S/C21H35N5O2/c1-7-14-13-22-26-18(25(5)6)12-17(24-19(14)26)15-8-10-16(11-9-15)23-20(27)28-21(2,3)4/h13,15-16,18H,7-12H2,1-6H3,(H,23,27). The molecular formula is C21H35N5O2. The van der Waals surface area contributed by atoms with Crippen LogP contribution in [0.25, 0.3) is 0 Å². The van der Waals surface area contributed by atoms with Crippen molar-refractivity contribution < 1.29 is 9.53 Å². The van der Waals surface area contributed by atoms with Gasteiger partial charge in [0.1, 0.15) is 11.8 Å². The highest BCUT2D eigenvalue weighted by Crippen LogP contribution is 2.36. The molecule has 1 amide bonds. The van der Waals surface area contributed by atoms with E-state index in [1.54, 1.807) is 0 Å². The van der Waals surface area contributed by atoms with Crippen molar-refractivity contribution in [2.24, 2.45) is 10.9 Å². The summed E-state index contributed by atoms with van der Waals surface area (Å²) in [6.07, 6.45) is 7.77. The van der Waals surface area contributed by atoms with Crippen molar-refractivity contribution in [2.75, 3.05) is 14.1 Å². The minimum absolute atomic E-state index is 0.191. The number of aryl methyl sites for hydroxylation is 1. The number of fused-ring (bicyclic) bond motifs is 1. The molecule has 1 saturated carbocycles. The lowest BCUT2D eigenvalue weighted by Crippen LogP contribution is -2.42. The van der Waals surface area contributed by atoms with E-state index in [2.05, 4.69) is 41.0 Å². The molecule has 0 aromatic carbocycles. The molecule has 1 aromatic heterocycles. The van der Waals surface area contributed by atoms with Crippen LogP contribution in [0, 0.1) is 5.92 Å². The van der Waals surface area contributed by atoms with Gasteiger partial charge in [-0.25, -0.2) is 14.5 Å². The number of nitrogens with zero attached hydrogens (tertiary/aromatic N) is 4. The number of aromatic nitrogens is 2. The number of amides is 1. The van der Waals surface area contributed by atoms with Crippen molar-refractivity contribution in [1.29, 1.82) is 0 Å². The molecule has 1 fully saturated rings. The topological polar surface area (TPSA) is 71.8 Å². The Morgan fingerprint density at radius 3 is 2.54 bits per heavy atom. The first kappa shape index (κ1) is 20.8. The number of ether oxygens (including phenoxy) is 1. The van der Waals surface area contributed by atoms with Crippen molar-refractivity contribution in [3.05, 3.63) is 11.8 Å². The fourth-order valence-electron chi connectivity index (χ4n) is 4.14. The zero-order valence-electron chi connectivity index (χ0n) is 18.2. The van der Waals surface area contributed by atoms with Crippen LogP contribution in [-0.4, -0.2) is 52.2 Å². The number of alkyl carbamates (subject to hydrolysis) is 1. The third kappa shape index (κ3) is 4.74. The number of hydrogen-bond donors (Lipinski definition) is 1. The first-order valence-corrected chi connectivity index (χ1v) is 10.5. The highest BCUT2D eigenvalue weighted by molar-refractivity contribution is 5.90. The van der Waals surface area contributed by atoms with Gasteiger partial charge in [0.15, 0.2) is 5.82 Å². The van der Waals surface area contributed by atoms with Crippen LogP contribution < -0.4 is 5.32 Å². The first-order valence-electron chi connectivity index (χ1n) is 10.5. The Kier molecular flexibility index (Phi) is 6.12. The second kappa shape index (κ2) is 8.23. The summed E-state index contributed by atoms with van der Waals surface area (Å²) in [6, 6.07) is 0.191. The molecular weight excluding hydrogens is 354 g/mol. The number of nitrogens with one attached hydrogen (secondary N) is 1. The van der Waals surface area contributed by atoms with Crippen LogP contribution in [0.4, 0.5) is 10.6 Å². The quantitative estimate of drug-likeness (QED) is 0.843. The maximum Gasteiger partial charge on any atom is 0.407 e. The van der Waals surface area contributed by atoms with Crippen LogP contribution in [0.2, 0.25) is 0 Å². The van der Waals surface area contributed by atoms with Crippen LogP contribution in [0.1, 0.15) is 71.5 Å². The minimum atomic E-state index is -0.459. The molecule has 2 heterocycles. The molecule has 1 aliphatic carbocycles. The Hall–Kier alpha value is -1.89. The van der Waals surface area contributed by atoms with E-state index in [-0.39, 0.29) is 18.3 Å². The highest BCUT2D eigenvalue weighted by atomic mass is 16.6. The third-order valence-corrected chi connectivity index (χ3v) is 5.66. The molecule has 1 atom stereocenters. The van der Waals surface area contributed by atoms with E-state index in [0.29, 0.717) is 5.92 Å². The molecule has 7 heteroatoms. The predicted molar refractivity (Wildman–Crippen MR) is 111 cm³/mol. The Labute approximate surface area is 168 Å². The molecule has 7 nitrogen and oxygen atoms in total. The van der Waals surface area contributed by atoms with E-state index in [9.17, 15) is 4.79 Å². The minimum Gasteiger partial charge on any atom is -0.444 e. The van der Waals surface area contributed by atoms with E-state index in [4.69, 9.17) is 9.73 Å². The van der Waals surface area contributed by atoms with Crippen molar-refractivity contribution in [1.82, 2.24) is 20.0 Å². The summed E-state index contributed by atoms with van der Waals surface area (Å²) >= 11 is 0. The van der Waals surface area contributed by atoms with Crippen LogP contribution in [0.3, 0.4) is 0 Å². The summed E-state index contributed by atoms with van der Waals surface area (Å²) in [5.74, 6) is 1.50. The number of rotatable bonds is 4. The van der Waals surface area contributed by atoms with Gasteiger partial charge in [0.05, 0.1) is 6.20 Å². The highest BCUT2D eigenvalue weighted by Gasteiger charge is 2.33. The SMILES string of the molecule is CCc1cnn2c1N=C(C1CCC(NC(=O)OC(C)(C)C)CC1)CC2N(C)C. The van der Waals surface area contributed by atoms with Gasteiger partial charge in [-0.15, -0.1) is 0 Å². The lowest BCUT2D eigenvalue weighted by molar-refractivity contribution is 0.0490. The average molecular weight is 390 g/mol. The fourth-order valence-corrected chi connectivity index (χ4v) is 4.14. The maximum absolute atomic E-state index is 12.0.